The number of benzene rings is 2. The molecule has 0 heterocycles. The van der Waals surface area contributed by atoms with Crippen molar-refractivity contribution in [1.29, 1.82) is 0 Å². The number of aryl methyl sites for hydroxylation is 1. The number of carboxylic acids is 1. The SMILES string of the molecule is CC(C)Oc1ccc(CCCC(=O)O)c2ccccc12. The molecule has 3 nitrogen and oxygen atoms in total. The molecule has 1 N–H and O–H groups in total. The molecule has 0 spiro atoms. The first kappa shape index (κ1) is 14.4. The van der Waals surface area contributed by atoms with Gasteiger partial charge in [0.05, 0.1) is 6.10 Å². The van der Waals surface area contributed by atoms with Crippen molar-refractivity contribution in [2.45, 2.75) is 39.2 Å². The quantitative estimate of drug-likeness (QED) is 0.863. The maximum absolute atomic E-state index is 10.6. The van der Waals surface area contributed by atoms with Crippen LogP contribution >= 0.6 is 0 Å². The van der Waals surface area contributed by atoms with Crippen LogP contribution in [-0.2, 0) is 11.2 Å². The van der Waals surface area contributed by atoms with Gasteiger partial charge in [0, 0.05) is 11.8 Å². The fourth-order valence-corrected chi connectivity index (χ4v) is 2.34. The molecule has 20 heavy (non-hydrogen) atoms. The Kier molecular flexibility index (Phi) is 4.61. The van der Waals surface area contributed by atoms with E-state index in [1.165, 1.54) is 5.56 Å². The third-order valence-corrected chi connectivity index (χ3v) is 3.17. The van der Waals surface area contributed by atoms with Gasteiger partial charge in [-0.3, -0.25) is 4.79 Å². The molecule has 0 saturated heterocycles. The number of fused-ring (bicyclic) bond motifs is 1. The van der Waals surface area contributed by atoms with Crippen LogP contribution in [0.25, 0.3) is 10.8 Å². The molecular weight excluding hydrogens is 252 g/mol. The summed E-state index contributed by atoms with van der Waals surface area (Å²) in [6, 6.07) is 12.1. The van der Waals surface area contributed by atoms with E-state index in [2.05, 4.69) is 6.07 Å². The van der Waals surface area contributed by atoms with Gasteiger partial charge in [0.1, 0.15) is 5.75 Å². The van der Waals surface area contributed by atoms with Crippen LogP contribution in [0.5, 0.6) is 5.75 Å². The fourth-order valence-electron chi connectivity index (χ4n) is 2.34. The highest BCUT2D eigenvalue weighted by Gasteiger charge is 2.08. The minimum absolute atomic E-state index is 0.135. The molecule has 0 aliphatic rings. The standard InChI is InChI=1S/C17H20O3/c1-12(2)20-16-11-10-13(6-5-9-17(18)19)14-7-3-4-8-15(14)16/h3-4,7-8,10-12H,5-6,9H2,1-2H3,(H,18,19). The van der Waals surface area contributed by atoms with E-state index < -0.39 is 5.97 Å². The Morgan fingerprint density at radius 1 is 1.15 bits per heavy atom. The first-order chi connectivity index (χ1) is 9.58. The summed E-state index contributed by atoms with van der Waals surface area (Å²) in [5, 5.41) is 11.0. The Hall–Kier alpha value is -2.03. The number of rotatable bonds is 6. The van der Waals surface area contributed by atoms with Crippen LogP contribution in [0.15, 0.2) is 36.4 Å². The summed E-state index contributed by atoms with van der Waals surface area (Å²) < 4.78 is 5.83. The summed E-state index contributed by atoms with van der Waals surface area (Å²) in [6.07, 6.45) is 1.77. The van der Waals surface area contributed by atoms with Gasteiger partial charge >= 0.3 is 5.97 Å². The molecule has 3 heteroatoms. The second-order valence-electron chi connectivity index (χ2n) is 5.18. The lowest BCUT2D eigenvalue weighted by molar-refractivity contribution is -0.137. The molecule has 0 unspecified atom stereocenters. The van der Waals surface area contributed by atoms with Gasteiger partial charge in [-0.1, -0.05) is 30.3 Å². The van der Waals surface area contributed by atoms with Crippen LogP contribution in [0.2, 0.25) is 0 Å². The first-order valence-corrected chi connectivity index (χ1v) is 6.97. The largest absolute Gasteiger partial charge is 0.490 e. The molecule has 0 fully saturated rings. The second-order valence-corrected chi connectivity index (χ2v) is 5.18. The maximum atomic E-state index is 10.6. The zero-order chi connectivity index (χ0) is 14.5. The molecule has 0 aliphatic heterocycles. The minimum atomic E-state index is -0.742. The van der Waals surface area contributed by atoms with Gasteiger partial charge < -0.3 is 9.84 Å². The van der Waals surface area contributed by atoms with Gasteiger partial charge in [-0.15, -0.1) is 0 Å². The summed E-state index contributed by atoms with van der Waals surface area (Å²) in [6.45, 7) is 4.02. The smallest absolute Gasteiger partial charge is 0.303 e. The van der Waals surface area contributed by atoms with Gasteiger partial charge in [0.15, 0.2) is 0 Å². The number of ether oxygens (including phenoxy) is 1. The lowest BCUT2D eigenvalue weighted by Crippen LogP contribution is -2.06. The molecule has 2 rings (SSSR count). The predicted octanol–water partition coefficient (Wildman–Crippen LogP) is 4.03. The van der Waals surface area contributed by atoms with Crippen molar-refractivity contribution < 1.29 is 14.6 Å². The number of carboxylic acid groups (broad SMARTS) is 1. The van der Waals surface area contributed by atoms with Gasteiger partial charge in [-0.05, 0) is 43.7 Å². The Labute approximate surface area is 119 Å². The minimum Gasteiger partial charge on any atom is -0.490 e. The van der Waals surface area contributed by atoms with Gasteiger partial charge in [0.25, 0.3) is 0 Å². The first-order valence-electron chi connectivity index (χ1n) is 6.97. The van der Waals surface area contributed by atoms with Crippen LogP contribution in [-0.4, -0.2) is 17.2 Å². The summed E-state index contributed by atoms with van der Waals surface area (Å²) in [4.78, 5) is 10.6. The van der Waals surface area contributed by atoms with Crippen molar-refractivity contribution in [2.24, 2.45) is 0 Å². The van der Waals surface area contributed by atoms with Gasteiger partial charge in [-0.2, -0.15) is 0 Å². The highest BCUT2D eigenvalue weighted by atomic mass is 16.5. The zero-order valence-corrected chi connectivity index (χ0v) is 11.9. The third kappa shape index (κ3) is 3.50. The summed E-state index contributed by atoms with van der Waals surface area (Å²) in [5.74, 6) is 0.145. The number of hydrogen-bond donors (Lipinski definition) is 1. The van der Waals surface area contributed by atoms with E-state index >= 15 is 0 Å². The second kappa shape index (κ2) is 6.42. The Bertz CT molecular complexity index is 602. The molecular formula is C17H20O3. The molecule has 0 aromatic heterocycles. The molecule has 2 aromatic rings. The topological polar surface area (TPSA) is 46.5 Å². The molecule has 0 saturated carbocycles. The summed E-state index contributed by atoms with van der Waals surface area (Å²) in [5.41, 5.74) is 1.18. The average molecular weight is 272 g/mol. The van der Waals surface area contributed by atoms with E-state index in [0.29, 0.717) is 6.42 Å². The summed E-state index contributed by atoms with van der Waals surface area (Å²) in [7, 11) is 0. The lowest BCUT2D eigenvalue weighted by Gasteiger charge is -2.14. The van der Waals surface area contributed by atoms with Crippen LogP contribution in [0.1, 0.15) is 32.3 Å². The third-order valence-electron chi connectivity index (χ3n) is 3.17. The highest BCUT2D eigenvalue weighted by molar-refractivity contribution is 5.91. The van der Waals surface area contributed by atoms with Crippen LogP contribution < -0.4 is 4.74 Å². The highest BCUT2D eigenvalue weighted by Crippen LogP contribution is 2.30. The normalized spacial score (nSPS) is 10.9. The Morgan fingerprint density at radius 2 is 1.85 bits per heavy atom. The van der Waals surface area contributed by atoms with Crippen LogP contribution in [0.3, 0.4) is 0 Å². The average Bonchev–Trinajstić information content (AvgIpc) is 2.40. The van der Waals surface area contributed by atoms with E-state index in [1.54, 1.807) is 0 Å². The van der Waals surface area contributed by atoms with Crippen molar-refractivity contribution >= 4 is 16.7 Å². The van der Waals surface area contributed by atoms with Crippen molar-refractivity contribution in [3.8, 4) is 5.75 Å². The molecule has 0 radical (unpaired) electrons. The van der Waals surface area contributed by atoms with Crippen molar-refractivity contribution in [1.82, 2.24) is 0 Å². The van der Waals surface area contributed by atoms with E-state index in [-0.39, 0.29) is 12.5 Å². The predicted molar refractivity (Wildman–Crippen MR) is 80.3 cm³/mol. The Balaban J connectivity index is 2.30. The molecule has 0 bridgehead atoms. The van der Waals surface area contributed by atoms with E-state index in [1.807, 2.05) is 44.2 Å². The Morgan fingerprint density at radius 3 is 2.50 bits per heavy atom. The zero-order valence-electron chi connectivity index (χ0n) is 11.9. The molecule has 0 amide bonds. The molecule has 106 valence electrons. The van der Waals surface area contributed by atoms with E-state index in [4.69, 9.17) is 9.84 Å². The number of aliphatic carboxylic acids is 1. The van der Waals surface area contributed by atoms with Gasteiger partial charge in [-0.25, -0.2) is 0 Å². The van der Waals surface area contributed by atoms with Crippen LogP contribution in [0, 0.1) is 0 Å². The van der Waals surface area contributed by atoms with Crippen molar-refractivity contribution in [3.63, 3.8) is 0 Å². The van der Waals surface area contributed by atoms with Crippen LogP contribution in [0.4, 0.5) is 0 Å². The maximum Gasteiger partial charge on any atom is 0.303 e. The van der Waals surface area contributed by atoms with E-state index in [9.17, 15) is 4.79 Å². The molecule has 0 aliphatic carbocycles. The van der Waals surface area contributed by atoms with E-state index in [0.717, 1.165) is 22.9 Å². The van der Waals surface area contributed by atoms with Crippen molar-refractivity contribution in [3.05, 3.63) is 42.0 Å². The number of hydrogen-bond acceptors (Lipinski definition) is 2. The molecule has 0 atom stereocenters. The van der Waals surface area contributed by atoms with Gasteiger partial charge in [0.2, 0.25) is 0 Å². The summed E-state index contributed by atoms with van der Waals surface area (Å²) >= 11 is 0. The monoisotopic (exact) mass is 272 g/mol. The molecule has 2 aromatic carbocycles. The fraction of sp³-hybridized carbons (Fsp3) is 0.353. The van der Waals surface area contributed by atoms with Crippen molar-refractivity contribution in [2.75, 3.05) is 0 Å². The lowest BCUT2D eigenvalue weighted by atomic mass is 9.99. The number of carbonyl (C=O) groups is 1.